The van der Waals surface area contributed by atoms with Gasteiger partial charge in [0.15, 0.2) is 0 Å². The van der Waals surface area contributed by atoms with Gasteiger partial charge in [-0.3, -0.25) is 0 Å². The Morgan fingerprint density at radius 1 is 1.47 bits per heavy atom. The Kier molecular flexibility index (Phi) is 3.40. The molecule has 5 heteroatoms. The second kappa shape index (κ2) is 4.81. The third kappa shape index (κ3) is 2.45. The van der Waals surface area contributed by atoms with Crippen LogP contribution in [0.25, 0.3) is 11.3 Å². The van der Waals surface area contributed by atoms with Crippen LogP contribution in [0, 0.1) is 5.82 Å². The first-order chi connectivity index (χ1) is 8.11. The molecule has 2 rings (SSSR count). The molecular weight excluding hydrogens is 241 g/mol. The molecule has 1 N–H and O–H groups in total. The molecule has 1 aromatic carbocycles. The number of rotatable bonds is 3. The second-order valence-electron chi connectivity index (χ2n) is 3.59. The van der Waals surface area contributed by atoms with Crippen LogP contribution in [0.2, 0.25) is 0 Å². The third-order valence-corrected chi connectivity index (χ3v) is 3.33. The number of hydrogen-bond donors (Lipinski definition) is 1. The first-order valence-corrected chi connectivity index (χ1v) is 5.97. The number of ether oxygens (including phenoxy) is 1. The van der Waals surface area contributed by atoms with E-state index in [9.17, 15) is 9.50 Å². The summed E-state index contributed by atoms with van der Waals surface area (Å²) in [7, 11) is 1.53. The van der Waals surface area contributed by atoms with Gasteiger partial charge in [0.25, 0.3) is 0 Å². The highest BCUT2D eigenvalue weighted by Crippen LogP contribution is 2.32. The van der Waals surface area contributed by atoms with E-state index in [2.05, 4.69) is 4.98 Å². The van der Waals surface area contributed by atoms with E-state index < -0.39 is 6.10 Å². The summed E-state index contributed by atoms with van der Waals surface area (Å²) in [5, 5.41) is 11.8. The fourth-order valence-corrected chi connectivity index (χ4v) is 2.24. The lowest BCUT2D eigenvalue weighted by Crippen LogP contribution is -1.92. The lowest BCUT2D eigenvalue weighted by molar-refractivity contribution is 0.199. The number of aliphatic hydroxyl groups is 1. The van der Waals surface area contributed by atoms with E-state index in [0.29, 0.717) is 22.0 Å². The molecule has 1 aromatic heterocycles. The minimum Gasteiger partial charge on any atom is -0.496 e. The number of benzene rings is 1. The number of aliphatic hydroxyl groups excluding tert-OH is 1. The Labute approximate surface area is 103 Å². The maximum atomic E-state index is 13.2. The summed E-state index contributed by atoms with van der Waals surface area (Å²) >= 11 is 1.34. The van der Waals surface area contributed by atoms with Crippen LogP contribution in [-0.2, 0) is 0 Å². The maximum Gasteiger partial charge on any atom is 0.128 e. The van der Waals surface area contributed by atoms with Crippen LogP contribution < -0.4 is 4.74 Å². The van der Waals surface area contributed by atoms with Gasteiger partial charge in [-0.15, -0.1) is 11.3 Å². The zero-order chi connectivity index (χ0) is 12.4. The molecule has 0 fully saturated rings. The highest BCUT2D eigenvalue weighted by Gasteiger charge is 2.13. The number of hydrogen-bond acceptors (Lipinski definition) is 4. The molecule has 0 saturated carbocycles. The van der Waals surface area contributed by atoms with Gasteiger partial charge in [-0.25, -0.2) is 9.37 Å². The van der Waals surface area contributed by atoms with E-state index in [0.717, 1.165) is 0 Å². The Balaban J connectivity index is 2.47. The quantitative estimate of drug-likeness (QED) is 0.914. The first-order valence-electron chi connectivity index (χ1n) is 5.09. The van der Waals surface area contributed by atoms with Crippen molar-refractivity contribution in [1.29, 1.82) is 0 Å². The van der Waals surface area contributed by atoms with Gasteiger partial charge in [0.2, 0.25) is 0 Å². The predicted octanol–water partition coefficient (Wildman–Crippen LogP) is 3.01. The van der Waals surface area contributed by atoms with E-state index in [4.69, 9.17) is 4.74 Å². The van der Waals surface area contributed by atoms with Gasteiger partial charge in [0.1, 0.15) is 22.7 Å². The van der Waals surface area contributed by atoms with Gasteiger partial charge in [-0.1, -0.05) is 0 Å². The van der Waals surface area contributed by atoms with E-state index in [-0.39, 0.29) is 5.82 Å². The predicted molar refractivity (Wildman–Crippen MR) is 64.7 cm³/mol. The zero-order valence-electron chi connectivity index (χ0n) is 9.48. The largest absolute Gasteiger partial charge is 0.496 e. The van der Waals surface area contributed by atoms with E-state index in [1.165, 1.54) is 30.6 Å². The average Bonchev–Trinajstić information content (AvgIpc) is 2.78. The summed E-state index contributed by atoms with van der Waals surface area (Å²) in [6, 6.07) is 4.27. The van der Waals surface area contributed by atoms with Gasteiger partial charge in [0, 0.05) is 10.9 Å². The van der Waals surface area contributed by atoms with Crippen LogP contribution in [0.3, 0.4) is 0 Å². The summed E-state index contributed by atoms with van der Waals surface area (Å²) in [5.41, 5.74) is 1.21. The Hall–Kier alpha value is -1.46. The van der Waals surface area contributed by atoms with Crippen molar-refractivity contribution < 1.29 is 14.2 Å². The van der Waals surface area contributed by atoms with Crippen LogP contribution in [0.1, 0.15) is 18.0 Å². The Bertz CT molecular complexity index is 525. The summed E-state index contributed by atoms with van der Waals surface area (Å²) in [6.45, 7) is 1.64. The number of aromatic nitrogens is 1. The molecule has 3 nitrogen and oxygen atoms in total. The molecular formula is C12H12FNO2S. The van der Waals surface area contributed by atoms with E-state index in [1.54, 1.807) is 18.4 Å². The van der Waals surface area contributed by atoms with Gasteiger partial charge in [-0.2, -0.15) is 0 Å². The Morgan fingerprint density at radius 3 is 2.82 bits per heavy atom. The number of nitrogens with zero attached hydrogens (tertiary/aromatic N) is 1. The summed E-state index contributed by atoms with van der Waals surface area (Å²) in [4.78, 5) is 4.25. The lowest BCUT2D eigenvalue weighted by Gasteiger charge is -2.06. The molecule has 0 radical (unpaired) electrons. The summed E-state index contributed by atoms with van der Waals surface area (Å²) < 4.78 is 18.4. The van der Waals surface area contributed by atoms with Crippen molar-refractivity contribution in [3.8, 4) is 17.0 Å². The minimum atomic E-state index is -0.617. The fourth-order valence-electron chi connectivity index (χ4n) is 1.48. The molecule has 0 spiro atoms. The Morgan fingerprint density at radius 2 is 2.24 bits per heavy atom. The maximum absolute atomic E-state index is 13.2. The normalized spacial score (nSPS) is 12.5. The summed E-state index contributed by atoms with van der Waals surface area (Å²) in [6.07, 6.45) is -0.617. The molecule has 0 aliphatic heterocycles. The standard InChI is InChI=1S/C12H12FNO2S/c1-7(15)12-14-10(6-17-12)9-5-8(13)3-4-11(9)16-2/h3-7,15H,1-2H3. The van der Waals surface area contributed by atoms with Crippen LogP contribution in [0.15, 0.2) is 23.6 Å². The molecule has 0 amide bonds. The zero-order valence-corrected chi connectivity index (χ0v) is 10.3. The molecule has 1 atom stereocenters. The van der Waals surface area contributed by atoms with Crippen LogP contribution in [-0.4, -0.2) is 17.2 Å². The SMILES string of the molecule is COc1ccc(F)cc1-c1csc(C(C)O)n1. The van der Waals surface area contributed by atoms with E-state index in [1.807, 2.05) is 0 Å². The molecule has 1 heterocycles. The number of thiazole rings is 1. The smallest absolute Gasteiger partial charge is 0.128 e. The third-order valence-electron chi connectivity index (χ3n) is 2.32. The number of methoxy groups -OCH3 is 1. The fraction of sp³-hybridized carbons (Fsp3) is 0.250. The van der Waals surface area contributed by atoms with Crippen molar-refractivity contribution in [2.24, 2.45) is 0 Å². The van der Waals surface area contributed by atoms with Crippen molar-refractivity contribution in [2.75, 3.05) is 7.11 Å². The molecule has 0 aliphatic rings. The highest BCUT2D eigenvalue weighted by molar-refractivity contribution is 7.10. The van der Waals surface area contributed by atoms with Gasteiger partial charge < -0.3 is 9.84 Å². The molecule has 0 saturated heterocycles. The van der Waals surface area contributed by atoms with Gasteiger partial charge in [-0.05, 0) is 25.1 Å². The van der Waals surface area contributed by atoms with E-state index >= 15 is 0 Å². The molecule has 1 unspecified atom stereocenters. The molecule has 0 aliphatic carbocycles. The van der Waals surface area contributed by atoms with Crippen molar-refractivity contribution >= 4 is 11.3 Å². The molecule has 17 heavy (non-hydrogen) atoms. The van der Waals surface area contributed by atoms with Crippen LogP contribution in [0.5, 0.6) is 5.75 Å². The highest BCUT2D eigenvalue weighted by atomic mass is 32.1. The van der Waals surface area contributed by atoms with Crippen molar-refractivity contribution in [3.63, 3.8) is 0 Å². The average molecular weight is 253 g/mol. The van der Waals surface area contributed by atoms with Gasteiger partial charge in [0.05, 0.1) is 12.8 Å². The summed E-state index contributed by atoms with van der Waals surface area (Å²) in [5.74, 6) is 0.223. The lowest BCUT2D eigenvalue weighted by atomic mass is 10.1. The monoisotopic (exact) mass is 253 g/mol. The topological polar surface area (TPSA) is 42.4 Å². The van der Waals surface area contributed by atoms with Gasteiger partial charge >= 0.3 is 0 Å². The van der Waals surface area contributed by atoms with Crippen molar-refractivity contribution in [2.45, 2.75) is 13.0 Å². The first kappa shape index (κ1) is 12.0. The van der Waals surface area contributed by atoms with Crippen LogP contribution in [0.4, 0.5) is 4.39 Å². The molecule has 90 valence electrons. The number of halogens is 1. The van der Waals surface area contributed by atoms with Crippen molar-refractivity contribution in [1.82, 2.24) is 4.98 Å². The molecule has 2 aromatic rings. The molecule has 0 bridgehead atoms. The van der Waals surface area contributed by atoms with Crippen molar-refractivity contribution in [3.05, 3.63) is 34.4 Å². The second-order valence-corrected chi connectivity index (χ2v) is 4.48. The van der Waals surface area contributed by atoms with Crippen LogP contribution >= 0.6 is 11.3 Å². The minimum absolute atomic E-state index is 0.340.